The van der Waals surface area contributed by atoms with Crippen LogP contribution in [0.1, 0.15) is 31.4 Å². The fraction of sp³-hybridized carbons (Fsp3) is 0.417. The van der Waals surface area contributed by atoms with E-state index in [0.29, 0.717) is 11.1 Å². The predicted octanol–water partition coefficient (Wildman–Crippen LogP) is 2.86. The van der Waals surface area contributed by atoms with Gasteiger partial charge in [0.2, 0.25) is 0 Å². The lowest BCUT2D eigenvalue weighted by atomic mass is 10.1. The lowest BCUT2D eigenvalue weighted by Crippen LogP contribution is -2.38. The van der Waals surface area contributed by atoms with Crippen LogP contribution in [0.25, 0.3) is 0 Å². The van der Waals surface area contributed by atoms with Crippen LogP contribution in [0.5, 0.6) is 0 Å². The Labute approximate surface area is 100 Å². The molecule has 2 amide bonds. The van der Waals surface area contributed by atoms with Crippen LogP contribution in [-0.2, 0) is 0 Å². The smallest absolute Gasteiger partial charge is 0.315 e. The minimum absolute atomic E-state index is 0.0301. The number of benzene rings is 1. The standard InChI is InChI=1S/C12H15ClN2O/c1-8(9-3-2-4-10(13)7-9)14-12(16)15-11-5-6-11/h2-4,7-8,11H,5-6H2,1H3,(H2,14,15,16). The molecule has 0 aromatic heterocycles. The summed E-state index contributed by atoms with van der Waals surface area (Å²) in [5, 5.41) is 6.46. The molecule has 16 heavy (non-hydrogen) atoms. The quantitative estimate of drug-likeness (QED) is 0.835. The number of hydrogen-bond acceptors (Lipinski definition) is 1. The Morgan fingerprint density at radius 1 is 1.50 bits per heavy atom. The molecule has 0 aliphatic heterocycles. The molecule has 1 saturated carbocycles. The van der Waals surface area contributed by atoms with E-state index in [1.54, 1.807) is 0 Å². The summed E-state index contributed by atoms with van der Waals surface area (Å²) in [5.41, 5.74) is 1.01. The lowest BCUT2D eigenvalue weighted by molar-refractivity contribution is 0.237. The molecule has 1 aliphatic rings. The van der Waals surface area contributed by atoms with Gasteiger partial charge in [-0.2, -0.15) is 0 Å². The molecule has 0 spiro atoms. The molecule has 1 unspecified atom stereocenters. The summed E-state index contributed by atoms with van der Waals surface area (Å²) >= 11 is 5.89. The van der Waals surface area contributed by atoms with Crippen LogP contribution in [-0.4, -0.2) is 12.1 Å². The van der Waals surface area contributed by atoms with Gasteiger partial charge in [-0.1, -0.05) is 23.7 Å². The van der Waals surface area contributed by atoms with Gasteiger partial charge in [-0.15, -0.1) is 0 Å². The van der Waals surface area contributed by atoms with Crippen LogP contribution in [0.2, 0.25) is 5.02 Å². The SMILES string of the molecule is CC(NC(=O)NC1CC1)c1cccc(Cl)c1. The Morgan fingerprint density at radius 3 is 2.88 bits per heavy atom. The molecule has 1 aromatic carbocycles. The zero-order valence-electron chi connectivity index (χ0n) is 9.16. The first-order chi connectivity index (χ1) is 7.65. The fourth-order valence-corrected chi connectivity index (χ4v) is 1.71. The van der Waals surface area contributed by atoms with Crippen molar-refractivity contribution in [2.24, 2.45) is 0 Å². The third kappa shape index (κ3) is 3.14. The van der Waals surface area contributed by atoms with Crippen LogP contribution < -0.4 is 10.6 Å². The Balaban J connectivity index is 1.91. The zero-order valence-corrected chi connectivity index (χ0v) is 9.92. The summed E-state index contributed by atoms with van der Waals surface area (Å²) in [6, 6.07) is 7.77. The zero-order chi connectivity index (χ0) is 11.5. The van der Waals surface area contributed by atoms with Gasteiger partial charge in [-0.3, -0.25) is 0 Å². The molecule has 1 aliphatic carbocycles. The highest BCUT2D eigenvalue weighted by Crippen LogP contribution is 2.19. The van der Waals surface area contributed by atoms with E-state index in [9.17, 15) is 4.79 Å². The first kappa shape index (κ1) is 11.3. The van der Waals surface area contributed by atoms with E-state index in [-0.39, 0.29) is 12.1 Å². The van der Waals surface area contributed by atoms with E-state index >= 15 is 0 Å². The summed E-state index contributed by atoms with van der Waals surface area (Å²) in [6.07, 6.45) is 2.19. The predicted molar refractivity (Wildman–Crippen MR) is 64.6 cm³/mol. The third-order valence-corrected chi connectivity index (χ3v) is 2.84. The van der Waals surface area contributed by atoms with Crippen molar-refractivity contribution in [2.45, 2.75) is 31.8 Å². The molecule has 4 heteroatoms. The maximum absolute atomic E-state index is 11.5. The number of halogens is 1. The van der Waals surface area contributed by atoms with Crippen molar-refractivity contribution in [1.82, 2.24) is 10.6 Å². The van der Waals surface area contributed by atoms with Gasteiger partial charge in [0.15, 0.2) is 0 Å². The average Bonchev–Trinajstić information content (AvgIpc) is 3.01. The number of carbonyl (C=O) groups is 1. The minimum atomic E-state index is -0.102. The van der Waals surface area contributed by atoms with Gasteiger partial charge in [0.05, 0.1) is 6.04 Å². The number of rotatable bonds is 3. The minimum Gasteiger partial charge on any atom is -0.335 e. The molecule has 1 aromatic rings. The monoisotopic (exact) mass is 238 g/mol. The molecule has 0 heterocycles. The summed E-state index contributed by atoms with van der Waals surface area (Å²) < 4.78 is 0. The number of carbonyl (C=O) groups excluding carboxylic acids is 1. The number of nitrogens with one attached hydrogen (secondary N) is 2. The average molecular weight is 239 g/mol. The van der Waals surface area contributed by atoms with Crippen molar-refractivity contribution in [3.63, 3.8) is 0 Å². The van der Waals surface area contributed by atoms with Crippen molar-refractivity contribution in [3.8, 4) is 0 Å². The molecule has 0 radical (unpaired) electrons. The van der Waals surface area contributed by atoms with Gasteiger partial charge in [0.1, 0.15) is 0 Å². The van der Waals surface area contributed by atoms with Gasteiger partial charge < -0.3 is 10.6 Å². The summed E-state index contributed by atoms with van der Waals surface area (Å²) in [7, 11) is 0. The first-order valence-corrected chi connectivity index (χ1v) is 5.85. The Hall–Kier alpha value is -1.22. The Bertz CT molecular complexity index is 390. The summed E-state index contributed by atoms with van der Waals surface area (Å²) in [5.74, 6) is 0. The maximum Gasteiger partial charge on any atom is 0.315 e. The van der Waals surface area contributed by atoms with Gasteiger partial charge in [0, 0.05) is 11.1 Å². The van der Waals surface area contributed by atoms with E-state index in [1.165, 1.54) is 0 Å². The molecule has 1 atom stereocenters. The molecule has 3 nitrogen and oxygen atoms in total. The van der Waals surface area contributed by atoms with Crippen LogP contribution in [0.3, 0.4) is 0 Å². The number of hydrogen-bond donors (Lipinski definition) is 2. The first-order valence-electron chi connectivity index (χ1n) is 5.47. The Morgan fingerprint density at radius 2 is 2.25 bits per heavy atom. The van der Waals surface area contributed by atoms with Crippen LogP contribution in [0.4, 0.5) is 4.79 Å². The van der Waals surface area contributed by atoms with E-state index in [2.05, 4.69) is 10.6 Å². The van der Waals surface area contributed by atoms with Gasteiger partial charge in [-0.05, 0) is 37.5 Å². The normalized spacial score (nSPS) is 16.6. The second kappa shape index (κ2) is 4.74. The number of amides is 2. The molecular weight excluding hydrogens is 224 g/mol. The van der Waals surface area contributed by atoms with Gasteiger partial charge in [0.25, 0.3) is 0 Å². The summed E-state index contributed by atoms with van der Waals surface area (Å²) in [4.78, 5) is 11.5. The second-order valence-corrected chi connectivity index (χ2v) is 4.61. The Kier molecular flexibility index (Phi) is 3.34. The molecule has 0 saturated heterocycles. The van der Waals surface area contributed by atoms with E-state index in [4.69, 9.17) is 11.6 Å². The highest BCUT2D eigenvalue weighted by Gasteiger charge is 2.23. The highest BCUT2D eigenvalue weighted by atomic mass is 35.5. The van der Waals surface area contributed by atoms with E-state index < -0.39 is 0 Å². The number of urea groups is 1. The van der Waals surface area contributed by atoms with E-state index in [0.717, 1.165) is 18.4 Å². The van der Waals surface area contributed by atoms with Crippen molar-refractivity contribution in [3.05, 3.63) is 34.9 Å². The van der Waals surface area contributed by atoms with Gasteiger partial charge in [-0.25, -0.2) is 4.79 Å². The second-order valence-electron chi connectivity index (χ2n) is 4.17. The molecule has 2 N–H and O–H groups in total. The van der Waals surface area contributed by atoms with Crippen molar-refractivity contribution < 1.29 is 4.79 Å². The fourth-order valence-electron chi connectivity index (χ4n) is 1.51. The van der Waals surface area contributed by atoms with Gasteiger partial charge >= 0.3 is 6.03 Å². The molecule has 0 bridgehead atoms. The largest absolute Gasteiger partial charge is 0.335 e. The summed E-state index contributed by atoms with van der Waals surface area (Å²) in [6.45, 7) is 1.94. The van der Waals surface area contributed by atoms with Crippen molar-refractivity contribution in [1.29, 1.82) is 0 Å². The molecule has 2 rings (SSSR count). The van der Waals surface area contributed by atoms with E-state index in [1.807, 2.05) is 31.2 Å². The van der Waals surface area contributed by atoms with Crippen LogP contribution >= 0.6 is 11.6 Å². The highest BCUT2D eigenvalue weighted by molar-refractivity contribution is 6.30. The van der Waals surface area contributed by atoms with Crippen molar-refractivity contribution in [2.75, 3.05) is 0 Å². The van der Waals surface area contributed by atoms with Crippen LogP contribution in [0.15, 0.2) is 24.3 Å². The van der Waals surface area contributed by atoms with Crippen LogP contribution in [0, 0.1) is 0 Å². The molecule has 1 fully saturated rings. The van der Waals surface area contributed by atoms with Crippen molar-refractivity contribution >= 4 is 17.6 Å². The lowest BCUT2D eigenvalue weighted by Gasteiger charge is -2.15. The third-order valence-electron chi connectivity index (χ3n) is 2.61. The topological polar surface area (TPSA) is 41.1 Å². The maximum atomic E-state index is 11.5. The molecular formula is C12H15ClN2O. The molecule has 86 valence electrons.